The maximum Gasteiger partial charge on any atom is 0.251 e. The van der Waals surface area contributed by atoms with E-state index in [4.69, 9.17) is 0 Å². The molecule has 4 rings (SSSR count). The first kappa shape index (κ1) is 23.4. The van der Waals surface area contributed by atoms with E-state index in [1.54, 1.807) is 33.8 Å². The van der Waals surface area contributed by atoms with E-state index in [0.29, 0.717) is 18.7 Å². The molecule has 1 N–H and O–H groups in total. The number of rotatable bonds is 7. The van der Waals surface area contributed by atoms with Gasteiger partial charge >= 0.3 is 0 Å². The summed E-state index contributed by atoms with van der Waals surface area (Å²) in [5, 5.41) is 5.16. The summed E-state index contributed by atoms with van der Waals surface area (Å²) in [7, 11) is -3.62. The molecular weight excluding hydrogens is 442 g/mol. The zero-order chi connectivity index (χ0) is 22.7. The van der Waals surface area contributed by atoms with Gasteiger partial charge in [0.2, 0.25) is 10.0 Å². The van der Waals surface area contributed by atoms with Crippen LogP contribution in [0.1, 0.15) is 65.9 Å². The van der Waals surface area contributed by atoms with Gasteiger partial charge in [-0.2, -0.15) is 4.31 Å². The fourth-order valence-corrected chi connectivity index (χ4v) is 7.39. The number of carbonyl (C=O) groups excluding carboxylic acids is 1. The van der Waals surface area contributed by atoms with Crippen LogP contribution in [0.5, 0.6) is 0 Å². The van der Waals surface area contributed by atoms with E-state index in [1.165, 1.54) is 17.7 Å². The molecule has 8 heteroatoms. The highest BCUT2D eigenvalue weighted by atomic mass is 32.2. The molecule has 0 aliphatic carbocycles. The fraction of sp³-hybridized carbons (Fsp3) is 0.542. The molecule has 2 saturated heterocycles. The summed E-state index contributed by atoms with van der Waals surface area (Å²) in [6, 6.07) is 9.23. The second-order valence-corrected chi connectivity index (χ2v) is 11.8. The predicted molar refractivity (Wildman–Crippen MR) is 129 cm³/mol. The standard InChI is InChI=1S/C24H33N3O3S2/c1-18-10-11-20(32(29,30)27-14-4-3-8-19(27)2)16-21(18)24(28)25-17-22(23-9-7-15-31-23)26-12-5-6-13-26/h7,9-11,15-16,19,22H,3-6,8,12-14,17H2,1-2H3,(H,25,28). The van der Waals surface area contributed by atoms with Gasteiger partial charge in [0.15, 0.2) is 0 Å². The Bertz CT molecular complexity index is 1030. The number of carbonyl (C=O) groups is 1. The molecule has 0 radical (unpaired) electrons. The molecule has 1 aromatic heterocycles. The first-order valence-electron chi connectivity index (χ1n) is 11.6. The quantitative estimate of drug-likeness (QED) is 0.652. The van der Waals surface area contributed by atoms with Gasteiger partial charge in [-0.3, -0.25) is 9.69 Å². The zero-order valence-electron chi connectivity index (χ0n) is 18.9. The monoisotopic (exact) mass is 475 g/mol. The van der Waals surface area contributed by atoms with Crippen molar-refractivity contribution in [1.82, 2.24) is 14.5 Å². The number of aryl methyl sites for hydroxylation is 1. The Hall–Kier alpha value is -1.74. The number of hydrogen-bond acceptors (Lipinski definition) is 5. The third kappa shape index (κ3) is 4.93. The number of sulfonamides is 1. The lowest BCUT2D eigenvalue weighted by Crippen LogP contribution is -2.42. The molecule has 2 unspecified atom stereocenters. The molecule has 3 heterocycles. The van der Waals surface area contributed by atoms with E-state index in [0.717, 1.165) is 37.9 Å². The molecule has 1 amide bonds. The van der Waals surface area contributed by atoms with Crippen LogP contribution in [0.4, 0.5) is 0 Å². The highest BCUT2D eigenvalue weighted by molar-refractivity contribution is 7.89. The molecule has 2 aliphatic rings. The maximum absolute atomic E-state index is 13.3. The van der Waals surface area contributed by atoms with Gasteiger partial charge in [-0.25, -0.2) is 8.42 Å². The lowest BCUT2D eigenvalue weighted by Gasteiger charge is -2.32. The van der Waals surface area contributed by atoms with Gasteiger partial charge in [-0.1, -0.05) is 18.6 Å². The average molecular weight is 476 g/mol. The Morgan fingerprint density at radius 2 is 1.91 bits per heavy atom. The van der Waals surface area contributed by atoms with Gasteiger partial charge in [0.25, 0.3) is 5.91 Å². The number of hydrogen-bond donors (Lipinski definition) is 1. The maximum atomic E-state index is 13.3. The van der Waals surface area contributed by atoms with Crippen LogP contribution in [0.3, 0.4) is 0 Å². The Labute approximate surface area is 195 Å². The largest absolute Gasteiger partial charge is 0.350 e. The van der Waals surface area contributed by atoms with Crippen LogP contribution in [-0.2, 0) is 10.0 Å². The number of thiophene rings is 1. The molecule has 0 bridgehead atoms. The van der Waals surface area contributed by atoms with Crippen molar-refractivity contribution in [2.75, 3.05) is 26.2 Å². The van der Waals surface area contributed by atoms with E-state index in [2.05, 4.69) is 21.7 Å². The number of piperidine rings is 1. The van der Waals surface area contributed by atoms with Crippen LogP contribution < -0.4 is 5.32 Å². The van der Waals surface area contributed by atoms with Crippen LogP contribution >= 0.6 is 11.3 Å². The molecule has 2 aliphatic heterocycles. The number of likely N-dealkylation sites (tertiary alicyclic amines) is 1. The Kier molecular flexibility index (Phi) is 7.34. The summed E-state index contributed by atoms with van der Waals surface area (Å²) in [4.78, 5) is 17.0. The van der Waals surface area contributed by atoms with Gasteiger partial charge in [0.05, 0.1) is 10.9 Å². The molecule has 0 saturated carbocycles. The second kappa shape index (κ2) is 10.0. The second-order valence-electron chi connectivity index (χ2n) is 8.92. The number of benzene rings is 1. The predicted octanol–water partition coefficient (Wildman–Crippen LogP) is 4.19. The van der Waals surface area contributed by atoms with Crippen molar-refractivity contribution in [2.45, 2.75) is 62.9 Å². The minimum Gasteiger partial charge on any atom is -0.350 e. The van der Waals surface area contributed by atoms with E-state index in [1.807, 2.05) is 19.9 Å². The Morgan fingerprint density at radius 3 is 2.59 bits per heavy atom. The van der Waals surface area contributed by atoms with Crippen molar-refractivity contribution < 1.29 is 13.2 Å². The first-order chi connectivity index (χ1) is 15.4. The van der Waals surface area contributed by atoms with Crippen molar-refractivity contribution >= 4 is 27.3 Å². The molecule has 6 nitrogen and oxygen atoms in total. The molecule has 32 heavy (non-hydrogen) atoms. The van der Waals surface area contributed by atoms with Gasteiger partial charge < -0.3 is 5.32 Å². The van der Waals surface area contributed by atoms with Crippen LogP contribution in [0.25, 0.3) is 0 Å². The highest BCUT2D eigenvalue weighted by Crippen LogP contribution is 2.29. The summed E-state index contributed by atoms with van der Waals surface area (Å²) in [5.41, 5.74) is 1.21. The normalized spacial score (nSPS) is 21.5. The fourth-order valence-electron chi connectivity index (χ4n) is 4.80. The van der Waals surface area contributed by atoms with E-state index in [-0.39, 0.29) is 22.9 Å². The number of nitrogens with one attached hydrogen (secondary N) is 1. The lowest BCUT2D eigenvalue weighted by molar-refractivity contribution is 0.0937. The van der Waals surface area contributed by atoms with E-state index >= 15 is 0 Å². The van der Waals surface area contributed by atoms with Crippen molar-refractivity contribution in [3.05, 3.63) is 51.7 Å². The summed E-state index contributed by atoms with van der Waals surface area (Å²) in [6.07, 6.45) is 5.17. The van der Waals surface area contributed by atoms with Crippen LogP contribution in [0, 0.1) is 6.92 Å². The Morgan fingerprint density at radius 1 is 1.16 bits per heavy atom. The highest BCUT2D eigenvalue weighted by Gasteiger charge is 2.32. The lowest BCUT2D eigenvalue weighted by atomic mass is 10.1. The van der Waals surface area contributed by atoms with Crippen LogP contribution in [0.2, 0.25) is 0 Å². The van der Waals surface area contributed by atoms with Crippen molar-refractivity contribution in [3.8, 4) is 0 Å². The number of nitrogens with zero attached hydrogens (tertiary/aromatic N) is 2. The van der Waals surface area contributed by atoms with Crippen molar-refractivity contribution in [2.24, 2.45) is 0 Å². The van der Waals surface area contributed by atoms with Gasteiger partial charge in [-0.15, -0.1) is 11.3 Å². The first-order valence-corrected chi connectivity index (χ1v) is 13.9. The van der Waals surface area contributed by atoms with Gasteiger partial charge in [0.1, 0.15) is 0 Å². The third-order valence-electron chi connectivity index (χ3n) is 6.71. The van der Waals surface area contributed by atoms with Crippen molar-refractivity contribution in [3.63, 3.8) is 0 Å². The molecule has 1 aromatic carbocycles. The Balaban J connectivity index is 1.52. The smallest absolute Gasteiger partial charge is 0.251 e. The van der Waals surface area contributed by atoms with E-state index < -0.39 is 10.0 Å². The molecule has 2 atom stereocenters. The van der Waals surface area contributed by atoms with Gasteiger partial charge in [0, 0.05) is 29.6 Å². The minimum absolute atomic E-state index is 0.0145. The molecule has 2 fully saturated rings. The zero-order valence-corrected chi connectivity index (χ0v) is 20.6. The summed E-state index contributed by atoms with van der Waals surface area (Å²) < 4.78 is 28.1. The van der Waals surface area contributed by atoms with Crippen LogP contribution in [-0.4, -0.2) is 55.8 Å². The minimum atomic E-state index is -3.62. The molecule has 0 spiro atoms. The summed E-state index contributed by atoms with van der Waals surface area (Å²) >= 11 is 1.71. The molecule has 174 valence electrons. The summed E-state index contributed by atoms with van der Waals surface area (Å²) in [6.45, 7) is 6.95. The van der Waals surface area contributed by atoms with E-state index in [9.17, 15) is 13.2 Å². The topological polar surface area (TPSA) is 69.7 Å². The average Bonchev–Trinajstić information content (AvgIpc) is 3.49. The summed E-state index contributed by atoms with van der Waals surface area (Å²) in [5.74, 6) is -0.216. The SMILES string of the molecule is Cc1ccc(S(=O)(=O)N2CCCCC2C)cc1C(=O)NCC(c1cccs1)N1CCCC1. The number of amides is 1. The van der Waals surface area contributed by atoms with Crippen molar-refractivity contribution in [1.29, 1.82) is 0 Å². The van der Waals surface area contributed by atoms with Gasteiger partial charge in [-0.05, 0) is 81.8 Å². The third-order valence-corrected chi connectivity index (χ3v) is 9.69. The molecule has 2 aromatic rings. The van der Waals surface area contributed by atoms with Crippen LogP contribution in [0.15, 0.2) is 40.6 Å². The molecular formula is C24H33N3O3S2.